The van der Waals surface area contributed by atoms with Gasteiger partial charge in [0.2, 0.25) is 0 Å². The van der Waals surface area contributed by atoms with Crippen molar-refractivity contribution in [1.29, 1.82) is 0 Å². The molecule has 1 fully saturated rings. The zero-order valence-electron chi connectivity index (χ0n) is 17.6. The van der Waals surface area contributed by atoms with Gasteiger partial charge in [0.1, 0.15) is 5.76 Å². The van der Waals surface area contributed by atoms with Crippen molar-refractivity contribution in [3.8, 4) is 0 Å². The molecule has 30 heavy (non-hydrogen) atoms. The second-order valence-electron chi connectivity index (χ2n) is 8.36. The van der Waals surface area contributed by atoms with Crippen molar-refractivity contribution in [2.45, 2.75) is 32.2 Å². The average Bonchev–Trinajstić information content (AvgIpc) is 2.96. The van der Waals surface area contributed by atoms with Gasteiger partial charge >= 0.3 is 0 Å². The van der Waals surface area contributed by atoms with E-state index in [1.54, 1.807) is 24.3 Å². The number of aliphatic hydroxyl groups excluding tert-OH is 1. The van der Waals surface area contributed by atoms with Crippen molar-refractivity contribution in [3.05, 3.63) is 75.8 Å². The number of benzene rings is 2. The fourth-order valence-electron chi connectivity index (χ4n) is 3.58. The third-order valence-electron chi connectivity index (χ3n) is 5.29. The molecule has 3 rings (SSSR count). The van der Waals surface area contributed by atoms with E-state index in [0.717, 1.165) is 11.1 Å². The molecule has 1 N–H and O–H groups in total. The summed E-state index contributed by atoms with van der Waals surface area (Å²) in [5.41, 5.74) is 2.37. The maximum absolute atomic E-state index is 12.9. The van der Waals surface area contributed by atoms with Crippen molar-refractivity contribution < 1.29 is 19.4 Å². The van der Waals surface area contributed by atoms with Gasteiger partial charge in [-0.25, -0.2) is 0 Å². The third-order valence-corrected chi connectivity index (χ3v) is 5.54. The van der Waals surface area contributed by atoms with Gasteiger partial charge < -0.3 is 14.7 Å². The van der Waals surface area contributed by atoms with Gasteiger partial charge in [0.05, 0.1) is 18.2 Å². The number of hydrogen-bond donors (Lipinski definition) is 1. The molecule has 0 radical (unpaired) electrons. The maximum Gasteiger partial charge on any atom is 0.295 e. The third kappa shape index (κ3) is 4.27. The van der Waals surface area contributed by atoms with E-state index in [4.69, 9.17) is 16.3 Å². The number of carbonyl (C=O) groups excluding carboxylic acids is 2. The first-order valence-electron chi connectivity index (χ1n) is 9.79. The molecule has 0 aliphatic carbocycles. The van der Waals surface area contributed by atoms with E-state index in [1.165, 1.54) is 12.0 Å². The predicted octanol–water partition coefficient (Wildman–Crippen LogP) is 4.71. The van der Waals surface area contributed by atoms with Crippen LogP contribution >= 0.6 is 11.6 Å². The number of ketones is 1. The quantitative estimate of drug-likeness (QED) is 0.426. The Balaban J connectivity index is 2.13. The topological polar surface area (TPSA) is 66.8 Å². The summed E-state index contributed by atoms with van der Waals surface area (Å²) >= 11 is 5.94. The molecule has 1 aliphatic rings. The summed E-state index contributed by atoms with van der Waals surface area (Å²) in [6.07, 6.45) is 0. The van der Waals surface area contributed by atoms with Crippen LogP contribution in [-0.2, 0) is 19.7 Å². The number of aliphatic hydroxyl groups is 1. The van der Waals surface area contributed by atoms with E-state index in [0.29, 0.717) is 10.6 Å². The van der Waals surface area contributed by atoms with E-state index < -0.39 is 17.7 Å². The molecule has 2 aromatic carbocycles. The minimum Gasteiger partial charge on any atom is -0.507 e. The number of nitrogens with zero attached hydrogens (tertiary/aromatic N) is 1. The lowest BCUT2D eigenvalue weighted by atomic mass is 9.85. The number of rotatable bonds is 5. The SMILES string of the molecule is COCCN1C(=O)C(=O)C(=C(O)c2ccc(Cl)cc2)[C@H]1c1ccc(C(C)(C)C)cc1. The summed E-state index contributed by atoms with van der Waals surface area (Å²) in [7, 11) is 1.54. The number of Topliss-reactive ketones (excluding diaryl/α,β-unsaturated/α-hetero) is 1. The zero-order chi connectivity index (χ0) is 22.1. The van der Waals surface area contributed by atoms with Crippen molar-refractivity contribution in [1.82, 2.24) is 4.90 Å². The van der Waals surface area contributed by atoms with Crippen molar-refractivity contribution in [2.75, 3.05) is 20.3 Å². The molecule has 1 amide bonds. The molecule has 0 unspecified atom stereocenters. The number of halogens is 1. The number of carbonyl (C=O) groups is 2. The molecule has 1 aliphatic heterocycles. The Labute approximate surface area is 181 Å². The highest BCUT2D eigenvalue weighted by Gasteiger charge is 2.45. The van der Waals surface area contributed by atoms with E-state index in [9.17, 15) is 14.7 Å². The molecule has 0 aromatic heterocycles. The second kappa shape index (κ2) is 8.62. The Morgan fingerprint density at radius 3 is 2.20 bits per heavy atom. The number of methoxy groups -OCH3 is 1. The molecule has 5 nitrogen and oxygen atoms in total. The van der Waals surface area contributed by atoms with Crippen LogP contribution < -0.4 is 0 Å². The van der Waals surface area contributed by atoms with Gasteiger partial charge in [0, 0.05) is 24.2 Å². The van der Waals surface area contributed by atoms with Crippen LogP contribution in [0.15, 0.2) is 54.1 Å². The first-order chi connectivity index (χ1) is 14.1. The van der Waals surface area contributed by atoms with E-state index in [1.807, 2.05) is 24.3 Å². The Morgan fingerprint density at radius 1 is 1.07 bits per heavy atom. The number of likely N-dealkylation sites (tertiary alicyclic amines) is 1. The van der Waals surface area contributed by atoms with Crippen LogP contribution in [0.3, 0.4) is 0 Å². The number of hydrogen-bond acceptors (Lipinski definition) is 4. The van der Waals surface area contributed by atoms with Crippen molar-refractivity contribution >= 4 is 29.1 Å². The highest BCUT2D eigenvalue weighted by molar-refractivity contribution is 6.46. The lowest BCUT2D eigenvalue weighted by molar-refractivity contribution is -0.140. The minimum absolute atomic E-state index is 0.0281. The summed E-state index contributed by atoms with van der Waals surface area (Å²) in [5, 5.41) is 11.5. The molecule has 6 heteroatoms. The molecule has 158 valence electrons. The molecular formula is C24H26ClNO4. The number of ether oxygens (including phenoxy) is 1. The van der Waals surface area contributed by atoms with Gasteiger partial charge in [-0.2, -0.15) is 0 Å². The molecule has 2 aromatic rings. The maximum atomic E-state index is 12.9. The summed E-state index contributed by atoms with van der Waals surface area (Å²) in [5.74, 6) is -1.56. The van der Waals surface area contributed by atoms with E-state index >= 15 is 0 Å². The molecule has 1 saturated heterocycles. The summed E-state index contributed by atoms with van der Waals surface area (Å²) in [6.45, 7) is 6.88. The highest BCUT2D eigenvalue weighted by atomic mass is 35.5. The first-order valence-corrected chi connectivity index (χ1v) is 10.2. The highest BCUT2D eigenvalue weighted by Crippen LogP contribution is 2.39. The van der Waals surface area contributed by atoms with Crippen molar-refractivity contribution in [2.24, 2.45) is 0 Å². The number of amides is 1. The van der Waals surface area contributed by atoms with Gasteiger partial charge in [-0.3, -0.25) is 9.59 Å². The van der Waals surface area contributed by atoms with E-state index in [-0.39, 0.29) is 29.9 Å². The van der Waals surface area contributed by atoms with E-state index in [2.05, 4.69) is 20.8 Å². The van der Waals surface area contributed by atoms with Gasteiger partial charge in [0.25, 0.3) is 11.7 Å². The van der Waals surface area contributed by atoms with Crippen LogP contribution in [0.2, 0.25) is 5.02 Å². The normalized spacial score (nSPS) is 18.8. The van der Waals surface area contributed by atoms with Crippen molar-refractivity contribution in [3.63, 3.8) is 0 Å². The molecular weight excluding hydrogens is 402 g/mol. The Bertz CT molecular complexity index is 972. The largest absolute Gasteiger partial charge is 0.507 e. The van der Waals surface area contributed by atoms with Crippen LogP contribution in [0.25, 0.3) is 5.76 Å². The smallest absolute Gasteiger partial charge is 0.295 e. The summed E-state index contributed by atoms with van der Waals surface area (Å²) in [4.78, 5) is 27.1. The van der Waals surface area contributed by atoms with Crippen LogP contribution in [0.4, 0.5) is 0 Å². The van der Waals surface area contributed by atoms with Crippen LogP contribution in [-0.4, -0.2) is 42.0 Å². The Morgan fingerprint density at radius 2 is 1.67 bits per heavy atom. The van der Waals surface area contributed by atoms with Crippen LogP contribution in [0.5, 0.6) is 0 Å². The van der Waals surface area contributed by atoms with Gasteiger partial charge in [-0.15, -0.1) is 0 Å². The zero-order valence-corrected chi connectivity index (χ0v) is 18.4. The minimum atomic E-state index is -0.705. The Kier molecular flexibility index (Phi) is 6.34. The molecule has 0 spiro atoms. The van der Waals surface area contributed by atoms with Crippen LogP contribution in [0.1, 0.15) is 43.5 Å². The predicted molar refractivity (Wildman–Crippen MR) is 117 cm³/mol. The van der Waals surface area contributed by atoms with Gasteiger partial charge in [-0.1, -0.05) is 56.6 Å². The fourth-order valence-corrected chi connectivity index (χ4v) is 3.70. The lowest BCUT2D eigenvalue weighted by Gasteiger charge is -2.26. The summed E-state index contributed by atoms with van der Waals surface area (Å²) in [6, 6.07) is 13.6. The molecule has 1 atom stereocenters. The van der Waals surface area contributed by atoms with Gasteiger partial charge in [-0.05, 0) is 40.8 Å². The first kappa shape index (κ1) is 22.1. The van der Waals surface area contributed by atoms with Crippen LogP contribution in [0, 0.1) is 0 Å². The lowest BCUT2D eigenvalue weighted by Crippen LogP contribution is -2.32. The molecule has 0 saturated carbocycles. The van der Waals surface area contributed by atoms with Gasteiger partial charge in [0.15, 0.2) is 0 Å². The molecule has 0 bridgehead atoms. The Hall–Kier alpha value is -2.63. The monoisotopic (exact) mass is 427 g/mol. The summed E-state index contributed by atoms with van der Waals surface area (Å²) < 4.78 is 5.13. The molecule has 1 heterocycles. The second-order valence-corrected chi connectivity index (χ2v) is 8.80. The fraction of sp³-hybridized carbons (Fsp3) is 0.333. The average molecular weight is 428 g/mol. The standard InChI is InChI=1S/C24H26ClNO4/c1-24(2,3)17-9-5-15(6-10-17)20-19(21(27)16-7-11-18(25)12-8-16)22(28)23(29)26(20)13-14-30-4/h5-12,20,27H,13-14H2,1-4H3/t20-/m1/s1.